The van der Waals surface area contributed by atoms with Crippen LogP contribution in [0.5, 0.6) is 17.2 Å². The minimum absolute atomic E-state index is 0.173. The van der Waals surface area contributed by atoms with E-state index in [2.05, 4.69) is 28.6 Å². The minimum atomic E-state index is -0.492. The van der Waals surface area contributed by atoms with Gasteiger partial charge in [0.25, 0.3) is 5.91 Å². The van der Waals surface area contributed by atoms with Crippen molar-refractivity contribution in [1.29, 1.82) is 0 Å². The number of ether oxygens (including phenoxy) is 2. The average Bonchev–Trinajstić information content (AvgIpc) is 3.16. The Morgan fingerprint density at radius 3 is 2.50 bits per heavy atom. The summed E-state index contributed by atoms with van der Waals surface area (Å²) in [6.45, 7) is 5.54. The lowest BCUT2D eigenvalue weighted by atomic mass is 10.1. The number of nitrogens with one attached hydrogen (secondary N) is 1. The van der Waals surface area contributed by atoms with Crippen LogP contribution in [0.2, 0.25) is 0 Å². The maximum Gasteiger partial charge on any atom is 0.284 e. The van der Waals surface area contributed by atoms with Crippen LogP contribution in [0.3, 0.4) is 0 Å². The molecule has 7 nitrogen and oxygen atoms in total. The summed E-state index contributed by atoms with van der Waals surface area (Å²) in [5.41, 5.74) is 3.22. The lowest BCUT2D eigenvalue weighted by molar-refractivity contribution is 0.0976. The Bertz CT molecular complexity index is 1240. The highest BCUT2D eigenvalue weighted by Gasteiger charge is 2.13. The van der Waals surface area contributed by atoms with Crippen LogP contribution in [0.4, 0.5) is 0 Å². The van der Waals surface area contributed by atoms with Gasteiger partial charge in [-0.2, -0.15) is 0 Å². The number of aryl methyl sites for hydroxylation is 1. The zero-order valence-corrected chi connectivity index (χ0v) is 18.6. The first-order valence-corrected chi connectivity index (χ1v) is 10.7. The molecule has 32 heavy (non-hydrogen) atoms. The predicted octanol–water partition coefficient (Wildman–Crippen LogP) is 5.12. The molecule has 0 aliphatic carbocycles. The van der Waals surface area contributed by atoms with Crippen LogP contribution >= 0.6 is 11.8 Å². The number of fused-ring (bicyclic) bond motifs is 1. The monoisotopic (exact) mass is 450 g/mol. The van der Waals surface area contributed by atoms with Crippen LogP contribution in [-0.4, -0.2) is 27.0 Å². The van der Waals surface area contributed by atoms with Crippen molar-refractivity contribution < 1.29 is 14.3 Å². The Balaban J connectivity index is 1.59. The van der Waals surface area contributed by atoms with Gasteiger partial charge in [-0.3, -0.25) is 14.6 Å². The third-order valence-electron chi connectivity index (χ3n) is 5.00. The molecule has 4 aromatic rings. The van der Waals surface area contributed by atoms with E-state index in [1.165, 1.54) is 12.3 Å². The molecule has 0 aliphatic rings. The van der Waals surface area contributed by atoms with E-state index in [-0.39, 0.29) is 5.69 Å². The summed E-state index contributed by atoms with van der Waals surface area (Å²) in [6.07, 6.45) is 2.21. The smallest absolute Gasteiger partial charge is 0.284 e. The first-order valence-electron chi connectivity index (χ1n) is 10.4. The van der Waals surface area contributed by atoms with Crippen LogP contribution in [0, 0.1) is 0 Å². The minimum Gasteiger partial charge on any atom is -0.494 e. The van der Waals surface area contributed by atoms with Gasteiger partial charge in [0.15, 0.2) is 0 Å². The molecule has 8 heteroatoms. The zero-order valence-electron chi connectivity index (χ0n) is 17.8. The molecule has 0 aliphatic heterocycles. The number of aromatic nitrogens is 3. The molecule has 4 rings (SSSR count). The number of amides is 1. The number of imidazole rings is 1. The van der Waals surface area contributed by atoms with Crippen LogP contribution in [0.1, 0.15) is 35.7 Å². The van der Waals surface area contributed by atoms with Gasteiger partial charge in [-0.1, -0.05) is 12.1 Å². The summed E-state index contributed by atoms with van der Waals surface area (Å²) in [5.74, 6) is 2.46. The highest BCUT2D eigenvalue weighted by Crippen LogP contribution is 2.27. The summed E-state index contributed by atoms with van der Waals surface area (Å²) < 4.78 is 13.7. The summed E-state index contributed by atoms with van der Waals surface area (Å²) in [7, 11) is 0. The van der Waals surface area contributed by atoms with Crippen molar-refractivity contribution in [3.8, 4) is 17.2 Å². The summed E-state index contributed by atoms with van der Waals surface area (Å²) in [5, 5.41) is 0. The Morgan fingerprint density at radius 1 is 1.03 bits per heavy atom. The summed E-state index contributed by atoms with van der Waals surface area (Å²) in [6, 6.07) is 17.1. The highest BCUT2D eigenvalue weighted by molar-refractivity contribution is 6.23. The van der Waals surface area contributed by atoms with Gasteiger partial charge < -0.3 is 14.0 Å². The Kier molecular flexibility index (Phi) is 6.56. The number of rotatable bonds is 8. The molecule has 2 heterocycles. The van der Waals surface area contributed by atoms with Gasteiger partial charge in [-0.05, 0) is 49.7 Å². The number of carbonyl (C=O) groups is 1. The number of carbonyl (C=O) groups excluding carboxylic acids is 1. The van der Waals surface area contributed by atoms with Gasteiger partial charge >= 0.3 is 0 Å². The molecule has 0 saturated carbocycles. The largest absolute Gasteiger partial charge is 0.494 e. The van der Waals surface area contributed by atoms with Gasteiger partial charge in [0.05, 0.1) is 17.6 Å². The van der Waals surface area contributed by atoms with Crippen molar-refractivity contribution in [3.63, 3.8) is 0 Å². The molecule has 0 fully saturated rings. The van der Waals surface area contributed by atoms with E-state index < -0.39 is 5.91 Å². The second-order valence-electron chi connectivity index (χ2n) is 7.08. The second kappa shape index (κ2) is 9.70. The van der Waals surface area contributed by atoms with Crippen molar-refractivity contribution in [3.05, 3.63) is 77.9 Å². The van der Waals surface area contributed by atoms with E-state index in [4.69, 9.17) is 26.2 Å². The van der Waals surface area contributed by atoms with Crippen molar-refractivity contribution in [2.75, 3.05) is 6.61 Å². The van der Waals surface area contributed by atoms with Gasteiger partial charge in [-0.25, -0.2) is 4.98 Å². The molecule has 164 valence electrons. The lowest BCUT2D eigenvalue weighted by Gasteiger charge is -2.08. The van der Waals surface area contributed by atoms with Crippen molar-refractivity contribution >= 4 is 28.7 Å². The van der Waals surface area contributed by atoms with E-state index in [1.54, 1.807) is 6.07 Å². The van der Waals surface area contributed by atoms with Gasteiger partial charge in [0.2, 0.25) is 0 Å². The maximum atomic E-state index is 11.7. The Hall–Kier alpha value is -3.58. The number of nitrogens with zero attached hydrogens (tertiary/aromatic N) is 3. The fourth-order valence-corrected chi connectivity index (χ4v) is 3.64. The molecule has 0 saturated heterocycles. The lowest BCUT2D eigenvalue weighted by Crippen LogP contribution is -2.13. The zero-order chi connectivity index (χ0) is 22.5. The molecule has 1 N–H and O–H groups in total. The molecule has 0 spiro atoms. The number of hydrogen-bond donors (Lipinski definition) is 1. The van der Waals surface area contributed by atoms with E-state index in [0.717, 1.165) is 34.7 Å². The molecule has 0 atom stereocenters. The Labute approximate surface area is 191 Å². The first kappa shape index (κ1) is 21.6. The highest BCUT2D eigenvalue weighted by atomic mass is 35.5. The summed E-state index contributed by atoms with van der Waals surface area (Å²) in [4.78, 5) is 22.6. The SMILES string of the molecule is CCOc1ccc(Cc2nc3cc(Oc4ccnc(C(=O)NCl)c4)ccc3n2CC)cc1. The van der Waals surface area contributed by atoms with Crippen molar-refractivity contribution in [1.82, 2.24) is 19.4 Å². The number of halogens is 1. The number of hydrogen-bond acceptors (Lipinski definition) is 5. The molecular weight excluding hydrogens is 428 g/mol. The van der Waals surface area contributed by atoms with Gasteiger partial charge in [-0.15, -0.1) is 0 Å². The molecule has 0 unspecified atom stereocenters. The fraction of sp³-hybridized carbons (Fsp3) is 0.208. The normalized spacial score (nSPS) is 10.8. The van der Waals surface area contributed by atoms with Gasteiger partial charge in [0, 0.05) is 43.1 Å². The topological polar surface area (TPSA) is 78.3 Å². The quantitative estimate of drug-likeness (QED) is 0.377. The molecule has 1 amide bonds. The van der Waals surface area contributed by atoms with E-state index in [1.807, 2.05) is 42.1 Å². The first-order chi connectivity index (χ1) is 15.6. The third-order valence-corrected chi connectivity index (χ3v) is 5.17. The van der Waals surface area contributed by atoms with Crippen LogP contribution < -0.4 is 14.3 Å². The molecular formula is C24H23ClN4O3. The standard InChI is InChI=1S/C24H23ClN4O3/c1-3-29-22-10-9-18(32-19-11-12-26-21(15-19)24(30)28-25)14-20(22)27-23(29)13-16-5-7-17(8-6-16)31-4-2/h5-12,14-15H,3-4,13H2,1-2H3,(H,28,30). The fourth-order valence-electron chi connectivity index (χ4n) is 3.55. The van der Waals surface area contributed by atoms with Crippen LogP contribution in [0.25, 0.3) is 11.0 Å². The van der Waals surface area contributed by atoms with Gasteiger partial charge in [0.1, 0.15) is 28.8 Å². The number of benzene rings is 2. The van der Waals surface area contributed by atoms with Crippen molar-refractivity contribution in [2.45, 2.75) is 26.8 Å². The second-order valence-corrected chi connectivity index (χ2v) is 7.27. The van der Waals surface area contributed by atoms with Crippen molar-refractivity contribution in [2.24, 2.45) is 0 Å². The number of pyridine rings is 1. The van der Waals surface area contributed by atoms with Crippen LogP contribution in [0.15, 0.2) is 60.8 Å². The van der Waals surface area contributed by atoms with E-state index >= 15 is 0 Å². The molecule has 0 bridgehead atoms. The molecule has 2 aromatic heterocycles. The van der Waals surface area contributed by atoms with E-state index in [0.29, 0.717) is 24.5 Å². The third kappa shape index (κ3) is 4.68. The maximum absolute atomic E-state index is 11.7. The average molecular weight is 451 g/mol. The van der Waals surface area contributed by atoms with E-state index in [9.17, 15) is 4.79 Å². The summed E-state index contributed by atoms with van der Waals surface area (Å²) >= 11 is 5.38. The molecule has 0 radical (unpaired) electrons. The predicted molar refractivity (Wildman–Crippen MR) is 123 cm³/mol. The van der Waals surface area contributed by atoms with Crippen LogP contribution in [-0.2, 0) is 13.0 Å². The molecule has 2 aromatic carbocycles. The Morgan fingerprint density at radius 2 is 1.78 bits per heavy atom.